The Morgan fingerprint density at radius 3 is 2.83 bits per heavy atom. The molecule has 0 saturated carbocycles. The highest BCUT2D eigenvalue weighted by Crippen LogP contribution is 2.42. The van der Waals surface area contributed by atoms with E-state index in [-0.39, 0.29) is 5.82 Å². The fourth-order valence-electron chi connectivity index (χ4n) is 2.80. The molecule has 122 valence electrons. The molecular weight excluding hydrogens is 333 g/mol. The van der Waals surface area contributed by atoms with E-state index >= 15 is 0 Å². The van der Waals surface area contributed by atoms with Crippen molar-refractivity contribution in [2.45, 2.75) is 6.54 Å². The van der Waals surface area contributed by atoms with Gasteiger partial charge in [-0.15, -0.1) is 10.2 Å². The van der Waals surface area contributed by atoms with E-state index < -0.39 is 0 Å². The molecule has 3 aromatic rings. The molecule has 0 atom stereocenters. The van der Waals surface area contributed by atoms with E-state index in [0.29, 0.717) is 36.3 Å². The molecular formula is C16H13ClFN5O. The second-order valence-electron chi connectivity index (χ2n) is 5.43. The van der Waals surface area contributed by atoms with E-state index in [4.69, 9.17) is 16.3 Å². The summed E-state index contributed by atoms with van der Waals surface area (Å²) < 4.78 is 18.9. The number of halogens is 2. The summed E-state index contributed by atoms with van der Waals surface area (Å²) in [6.07, 6.45) is 0. The van der Waals surface area contributed by atoms with Gasteiger partial charge in [0.25, 0.3) is 0 Å². The zero-order valence-electron chi connectivity index (χ0n) is 12.5. The van der Waals surface area contributed by atoms with Crippen LogP contribution in [0.5, 0.6) is 5.75 Å². The minimum Gasteiger partial charge on any atom is -0.489 e. The predicted molar refractivity (Wildman–Crippen MR) is 87.6 cm³/mol. The van der Waals surface area contributed by atoms with Gasteiger partial charge in [0.15, 0.2) is 0 Å². The topological polar surface area (TPSA) is 66.9 Å². The van der Waals surface area contributed by atoms with Crippen LogP contribution in [0.25, 0.3) is 11.4 Å². The first-order valence-electron chi connectivity index (χ1n) is 7.40. The quantitative estimate of drug-likeness (QED) is 0.790. The number of anilines is 1. The molecule has 0 aliphatic carbocycles. The van der Waals surface area contributed by atoms with E-state index in [1.807, 2.05) is 0 Å². The molecule has 0 radical (unpaired) electrons. The Labute approximate surface area is 142 Å². The van der Waals surface area contributed by atoms with Gasteiger partial charge in [-0.1, -0.05) is 23.7 Å². The maximum absolute atomic E-state index is 13.1. The third-order valence-corrected chi connectivity index (χ3v) is 4.07. The largest absolute Gasteiger partial charge is 0.489 e. The van der Waals surface area contributed by atoms with Crippen molar-refractivity contribution >= 4 is 17.3 Å². The van der Waals surface area contributed by atoms with E-state index in [9.17, 15) is 4.39 Å². The molecule has 0 saturated heterocycles. The Bertz CT molecular complexity index is 854. The summed E-state index contributed by atoms with van der Waals surface area (Å²) in [6.45, 7) is 1.85. The normalized spacial score (nSPS) is 13.5. The third kappa shape index (κ3) is 2.78. The highest BCUT2D eigenvalue weighted by molar-refractivity contribution is 6.31. The fourth-order valence-corrected chi connectivity index (χ4v) is 3.01. The molecule has 1 aromatic heterocycles. The van der Waals surface area contributed by atoms with Crippen LogP contribution >= 0.6 is 11.6 Å². The maximum atomic E-state index is 13.1. The van der Waals surface area contributed by atoms with Crippen LogP contribution in [0.1, 0.15) is 5.56 Å². The molecule has 1 aliphatic rings. The number of hydrogen-bond donors (Lipinski definition) is 1. The zero-order valence-corrected chi connectivity index (χ0v) is 13.3. The van der Waals surface area contributed by atoms with Gasteiger partial charge < -0.3 is 9.64 Å². The second-order valence-corrected chi connectivity index (χ2v) is 5.87. The van der Waals surface area contributed by atoms with Crippen LogP contribution in [0.4, 0.5) is 10.1 Å². The van der Waals surface area contributed by atoms with Gasteiger partial charge in [-0.05, 0) is 29.0 Å². The molecule has 2 aromatic carbocycles. The average Bonchev–Trinajstić information content (AvgIpc) is 3.10. The van der Waals surface area contributed by atoms with Crippen molar-refractivity contribution < 1.29 is 9.13 Å². The van der Waals surface area contributed by atoms with Crippen molar-refractivity contribution in [2.75, 3.05) is 18.1 Å². The molecule has 6 nitrogen and oxygen atoms in total. The molecule has 0 spiro atoms. The summed E-state index contributed by atoms with van der Waals surface area (Å²) in [5.74, 6) is 0.874. The first kappa shape index (κ1) is 14.9. The Hall–Kier alpha value is -2.67. The molecule has 0 bridgehead atoms. The molecule has 24 heavy (non-hydrogen) atoms. The van der Waals surface area contributed by atoms with Crippen molar-refractivity contribution in [3.63, 3.8) is 0 Å². The summed E-state index contributed by atoms with van der Waals surface area (Å²) >= 11 is 6.20. The second kappa shape index (κ2) is 6.09. The Balaban J connectivity index is 1.77. The summed E-state index contributed by atoms with van der Waals surface area (Å²) in [5, 5.41) is 14.7. The van der Waals surface area contributed by atoms with Gasteiger partial charge >= 0.3 is 0 Å². The van der Waals surface area contributed by atoms with Gasteiger partial charge in [-0.3, -0.25) is 0 Å². The lowest BCUT2D eigenvalue weighted by molar-refractivity contribution is 0.307. The number of aromatic amines is 1. The smallest absolute Gasteiger partial charge is 0.206 e. The number of aromatic nitrogens is 4. The number of nitrogens with zero attached hydrogens (tertiary/aromatic N) is 4. The lowest BCUT2D eigenvalue weighted by Gasteiger charge is -2.33. The fraction of sp³-hybridized carbons (Fsp3) is 0.188. The lowest BCUT2D eigenvalue weighted by atomic mass is 10.1. The number of nitrogens with one attached hydrogen (secondary N) is 1. The molecule has 2 heterocycles. The van der Waals surface area contributed by atoms with Crippen LogP contribution in [-0.4, -0.2) is 33.8 Å². The summed E-state index contributed by atoms with van der Waals surface area (Å²) in [4.78, 5) is 2.15. The Morgan fingerprint density at radius 1 is 1.25 bits per heavy atom. The molecule has 8 heteroatoms. The standard InChI is InChI=1S/C16H13ClFN5O/c17-11-7-13(16-19-21-22-20-16)15-14(8-11)24-6-5-23(15)9-10-1-3-12(18)4-2-10/h1-4,7-8H,5-6,9H2,(H,19,20,21,22). The van der Waals surface area contributed by atoms with Crippen LogP contribution in [0.2, 0.25) is 5.02 Å². The van der Waals surface area contributed by atoms with Gasteiger partial charge in [0.05, 0.1) is 17.8 Å². The number of H-pyrrole nitrogens is 1. The monoisotopic (exact) mass is 345 g/mol. The van der Waals surface area contributed by atoms with Gasteiger partial charge in [-0.2, -0.15) is 5.21 Å². The first-order chi connectivity index (χ1) is 11.7. The van der Waals surface area contributed by atoms with E-state index in [0.717, 1.165) is 16.8 Å². The first-order valence-corrected chi connectivity index (χ1v) is 7.78. The van der Waals surface area contributed by atoms with Crippen molar-refractivity contribution in [1.29, 1.82) is 0 Å². The predicted octanol–water partition coefficient (Wildman–Crippen LogP) is 3.06. The van der Waals surface area contributed by atoms with Crippen LogP contribution in [-0.2, 0) is 6.54 Å². The highest BCUT2D eigenvalue weighted by atomic mass is 35.5. The van der Waals surface area contributed by atoms with Crippen molar-refractivity contribution in [3.05, 3.63) is 52.8 Å². The van der Waals surface area contributed by atoms with Crippen LogP contribution < -0.4 is 9.64 Å². The number of fused-ring (bicyclic) bond motifs is 1. The third-order valence-electron chi connectivity index (χ3n) is 3.85. The number of hydrogen-bond acceptors (Lipinski definition) is 5. The van der Waals surface area contributed by atoms with E-state index in [2.05, 4.69) is 25.5 Å². The summed E-state index contributed by atoms with van der Waals surface area (Å²) in [7, 11) is 0. The van der Waals surface area contributed by atoms with Gasteiger partial charge in [0, 0.05) is 17.6 Å². The minimum atomic E-state index is -0.250. The number of benzene rings is 2. The van der Waals surface area contributed by atoms with Crippen molar-refractivity contribution in [3.8, 4) is 17.1 Å². The van der Waals surface area contributed by atoms with E-state index in [1.54, 1.807) is 24.3 Å². The van der Waals surface area contributed by atoms with Gasteiger partial charge in [-0.25, -0.2) is 4.39 Å². The van der Waals surface area contributed by atoms with Crippen molar-refractivity contribution in [2.24, 2.45) is 0 Å². The lowest BCUT2D eigenvalue weighted by Crippen LogP contribution is -2.32. The van der Waals surface area contributed by atoms with Gasteiger partial charge in [0.2, 0.25) is 5.82 Å². The molecule has 0 unspecified atom stereocenters. The van der Waals surface area contributed by atoms with Crippen LogP contribution in [0.3, 0.4) is 0 Å². The molecule has 1 N–H and O–H groups in total. The molecule has 0 fully saturated rings. The molecule has 1 aliphatic heterocycles. The van der Waals surface area contributed by atoms with Crippen LogP contribution in [0, 0.1) is 5.82 Å². The van der Waals surface area contributed by atoms with Crippen molar-refractivity contribution in [1.82, 2.24) is 20.6 Å². The number of ether oxygens (including phenoxy) is 1. The van der Waals surface area contributed by atoms with Crippen LogP contribution in [0.15, 0.2) is 36.4 Å². The Morgan fingerprint density at radius 2 is 2.08 bits per heavy atom. The van der Waals surface area contributed by atoms with E-state index in [1.165, 1.54) is 12.1 Å². The minimum absolute atomic E-state index is 0.250. The van der Waals surface area contributed by atoms with Gasteiger partial charge in [0.1, 0.15) is 18.2 Å². The number of rotatable bonds is 3. The summed E-state index contributed by atoms with van der Waals surface area (Å²) in [5.41, 5.74) is 2.60. The summed E-state index contributed by atoms with van der Waals surface area (Å²) in [6, 6.07) is 10.0. The highest BCUT2D eigenvalue weighted by Gasteiger charge is 2.25. The zero-order chi connectivity index (χ0) is 16.5. The molecule has 4 rings (SSSR count). The maximum Gasteiger partial charge on any atom is 0.206 e. The molecule has 0 amide bonds. The Kier molecular flexibility index (Phi) is 3.78. The average molecular weight is 346 g/mol. The SMILES string of the molecule is Fc1ccc(CN2CCOc3cc(Cl)cc(-c4nn[nH]n4)c32)cc1. The number of tetrazole rings is 1.